The third-order valence-electron chi connectivity index (χ3n) is 4.25. The van der Waals surface area contributed by atoms with Gasteiger partial charge in [-0.25, -0.2) is 13.1 Å². The first-order valence-electron chi connectivity index (χ1n) is 7.88. The summed E-state index contributed by atoms with van der Waals surface area (Å²) in [5.74, 6) is 0. The molecule has 4 N–H and O–H groups in total. The van der Waals surface area contributed by atoms with E-state index in [9.17, 15) is 23.7 Å². The summed E-state index contributed by atoms with van der Waals surface area (Å²) in [7, 11) is -2.57. The second-order valence-corrected chi connectivity index (χ2v) is 8.03. The molecule has 1 heterocycles. The first kappa shape index (κ1) is 20.2. The highest BCUT2D eigenvalue weighted by atomic mass is 32.2. The maximum absolute atomic E-state index is 12.6. The Kier molecular flexibility index (Phi) is 6.21. The largest absolute Gasteiger partial charge is 0.388 e. The molecule has 0 amide bonds. The average molecular weight is 375 g/mol. The van der Waals surface area contributed by atoms with Crippen molar-refractivity contribution < 1.29 is 33.2 Å². The number of hydrogen-bond donors (Lipinski definition) is 4. The monoisotopic (exact) mass is 375 g/mol. The summed E-state index contributed by atoms with van der Waals surface area (Å²) < 4.78 is 37.9. The van der Waals surface area contributed by atoms with Crippen LogP contribution >= 0.6 is 0 Å². The fourth-order valence-electron chi connectivity index (χ4n) is 3.13. The standard InChI is InChI=1S/C16H25NO7S/c1-8-5-9(2)15(10(3)6-8)25(21,22)17-7-11-12(18)13(19)14(20)16(23-4)24-11/h5-6,11-14,16-20H,7H2,1-4H3. The number of benzene rings is 1. The topological polar surface area (TPSA) is 125 Å². The Balaban J connectivity index is 2.17. The van der Waals surface area contributed by atoms with E-state index in [4.69, 9.17) is 9.47 Å². The Morgan fingerprint density at radius 2 is 1.64 bits per heavy atom. The minimum Gasteiger partial charge on any atom is -0.388 e. The highest BCUT2D eigenvalue weighted by Crippen LogP contribution is 2.24. The van der Waals surface area contributed by atoms with Crippen LogP contribution in [0.15, 0.2) is 17.0 Å². The SMILES string of the molecule is COC1OC(CNS(=O)(=O)c2c(C)cc(C)cc2C)C(O)C(O)C1O. The van der Waals surface area contributed by atoms with Crippen molar-refractivity contribution in [2.75, 3.05) is 13.7 Å². The number of aliphatic hydroxyl groups is 3. The van der Waals surface area contributed by atoms with Crippen molar-refractivity contribution in [2.24, 2.45) is 0 Å². The Bertz CT molecular complexity index is 696. The van der Waals surface area contributed by atoms with Crippen LogP contribution in [-0.2, 0) is 19.5 Å². The fraction of sp³-hybridized carbons (Fsp3) is 0.625. The molecule has 2 rings (SSSR count). The number of rotatable bonds is 5. The molecule has 1 aromatic rings. The second-order valence-electron chi connectivity index (χ2n) is 6.33. The molecule has 9 heteroatoms. The van der Waals surface area contributed by atoms with Gasteiger partial charge in [0.2, 0.25) is 10.0 Å². The molecule has 0 radical (unpaired) electrons. The normalized spacial score (nSPS) is 30.4. The van der Waals surface area contributed by atoms with Gasteiger partial charge in [0.25, 0.3) is 0 Å². The lowest BCUT2D eigenvalue weighted by Gasteiger charge is -2.39. The number of aryl methyl sites for hydroxylation is 3. The van der Waals surface area contributed by atoms with Crippen LogP contribution in [0.1, 0.15) is 16.7 Å². The molecule has 142 valence electrons. The number of hydrogen-bond acceptors (Lipinski definition) is 7. The minimum atomic E-state index is -3.84. The highest BCUT2D eigenvalue weighted by molar-refractivity contribution is 7.89. The number of ether oxygens (including phenoxy) is 2. The minimum absolute atomic E-state index is 0.173. The van der Waals surface area contributed by atoms with Gasteiger partial charge in [-0.05, 0) is 31.9 Å². The van der Waals surface area contributed by atoms with Crippen LogP contribution in [0.3, 0.4) is 0 Å². The van der Waals surface area contributed by atoms with Gasteiger partial charge in [0.1, 0.15) is 24.4 Å². The summed E-state index contributed by atoms with van der Waals surface area (Å²) in [6, 6.07) is 3.54. The zero-order valence-electron chi connectivity index (χ0n) is 14.6. The summed E-state index contributed by atoms with van der Waals surface area (Å²) in [6.07, 6.45) is -6.60. The Morgan fingerprint density at radius 3 is 2.16 bits per heavy atom. The molecule has 0 bridgehead atoms. The van der Waals surface area contributed by atoms with Crippen molar-refractivity contribution in [1.29, 1.82) is 0 Å². The molecule has 0 spiro atoms. The van der Waals surface area contributed by atoms with Crippen molar-refractivity contribution in [2.45, 2.75) is 56.4 Å². The number of methoxy groups -OCH3 is 1. The third-order valence-corrected chi connectivity index (χ3v) is 5.98. The summed E-state index contributed by atoms with van der Waals surface area (Å²) in [5, 5.41) is 29.6. The maximum Gasteiger partial charge on any atom is 0.241 e. The van der Waals surface area contributed by atoms with Gasteiger partial charge < -0.3 is 24.8 Å². The maximum atomic E-state index is 12.6. The zero-order chi connectivity index (χ0) is 18.9. The fourth-order valence-corrected chi connectivity index (χ4v) is 4.63. The predicted molar refractivity (Wildman–Crippen MR) is 89.5 cm³/mol. The van der Waals surface area contributed by atoms with E-state index in [0.29, 0.717) is 11.1 Å². The van der Waals surface area contributed by atoms with E-state index in [2.05, 4.69) is 4.72 Å². The molecular weight excluding hydrogens is 350 g/mol. The second kappa shape index (κ2) is 7.67. The molecule has 1 saturated heterocycles. The van der Waals surface area contributed by atoms with Crippen molar-refractivity contribution in [1.82, 2.24) is 4.72 Å². The van der Waals surface area contributed by atoms with Gasteiger partial charge >= 0.3 is 0 Å². The van der Waals surface area contributed by atoms with Crippen LogP contribution in [0.25, 0.3) is 0 Å². The van der Waals surface area contributed by atoms with Gasteiger partial charge in [0, 0.05) is 13.7 Å². The summed E-state index contributed by atoms with van der Waals surface area (Å²) in [6.45, 7) is 5.02. The van der Waals surface area contributed by atoms with E-state index in [0.717, 1.165) is 5.56 Å². The van der Waals surface area contributed by atoms with Gasteiger partial charge in [0.15, 0.2) is 6.29 Å². The lowest BCUT2D eigenvalue weighted by Crippen LogP contribution is -2.60. The molecular formula is C16H25NO7S. The molecule has 5 atom stereocenters. The Morgan fingerprint density at radius 1 is 1.08 bits per heavy atom. The molecule has 0 aliphatic carbocycles. The smallest absolute Gasteiger partial charge is 0.241 e. The van der Waals surface area contributed by atoms with E-state index in [1.54, 1.807) is 26.0 Å². The van der Waals surface area contributed by atoms with Crippen LogP contribution in [0.5, 0.6) is 0 Å². The molecule has 0 saturated carbocycles. The first-order valence-corrected chi connectivity index (χ1v) is 9.36. The number of aliphatic hydroxyl groups excluding tert-OH is 3. The number of nitrogens with one attached hydrogen (secondary N) is 1. The molecule has 1 aromatic carbocycles. The lowest BCUT2D eigenvalue weighted by atomic mass is 9.99. The van der Waals surface area contributed by atoms with Gasteiger partial charge in [-0.2, -0.15) is 0 Å². The molecule has 25 heavy (non-hydrogen) atoms. The summed E-state index contributed by atoms with van der Waals surface area (Å²) in [5.41, 5.74) is 2.18. The van der Waals surface area contributed by atoms with E-state index >= 15 is 0 Å². The molecule has 8 nitrogen and oxygen atoms in total. The van der Waals surface area contributed by atoms with Crippen LogP contribution in [0, 0.1) is 20.8 Å². The van der Waals surface area contributed by atoms with Crippen molar-refractivity contribution >= 4 is 10.0 Å². The van der Waals surface area contributed by atoms with E-state index in [1.165, 1.54) is 7.11 Å². The average Bonchev–Trinajstić information content (AvgIpc) is 2.50. The van der Waals surface area contributed by atoms with Crippen LogP contribution in [0.4, 0.5) is 0 Å². The van der Waals surface area contributed by atoms with Gasteiger partial charge in [-0.1, -0.05) is 17.7 Å². The van der Waals surface area contributed by atoms with Gasteiger partial charge in [-0.3, -0.25) is 0 Å². The van der Waals surface area contributed by atoms with Gasteiger partial charge in [0.05, 0.1) is 4.90 Å². The molecule has 1 fully saturated rings. The van der Waals surface area contributed by atoms with Crippen molar-refractivity contribution in [3.63, 3.8) is 0 Å². The Hall–Kier alpha value is -1.07. The van der Waals surface area contributed by atoms with E-state index < -0.39 is 40.7 Å². The van der Waals surface area contributed by atoms with Crippen LogP contribution < -0.4 is 4.72 Å². The quantitative estimate of drug-likeness (QED) is 0.539. The third kappa shape index (κ3) is 4.20. The zero-order valence-corrected chi connectivity index (χ0v) is 15.4. The first-order chi connectivity index (χ1) is 11.6. The lowest BCUT2D eigenvalue weighted by molar-refractivity contribution is -0.287. The predicted octanol–water partition coefficient (Wildman–Crippen LogP) is -0.656. The summed E-state index contributed by atoms with van der Waals surface area (Å²) >= 11 is 0. The van der Waals surface area contributed by atoms with Gasteiger partial charge in [-0.15, -0.1) is 0 Å². The van der Waals surface area contributed by atoms with Crippen LogP contribution in [-0.4, -0.2) is 68.1 Å². The molecule has 5 unspecified atom stereocenters. The summed E-state index contributed by atoms with van der Waals surface area (Å²) in [4.78, 5) is 0.173. The van der Waals surface area contributed by atoms with E-state index in [1.807, 2.05) is 6.92 Å². The number of sulfonamides is 1. The Labute approximate surface area is 147 Å². The van der Waals surface area contributed by atoms with Crippen molar-refractivity contribution in [3.05, 3.63) is 28.8 Å². The highest BCUT2D eigenvalue weighted by Gasteiger charge is 2.44. The van der Waals surface area contributed by atoms with Crippen LogP contribution in [0.2, 0.25) is 0 Å². The molecule has 0 aromatic heterocycles. The van der Waals surface area contributed by atoms with E-state index in [-0.39, 0.29) is 11.4 Å². The molecule has 1 aliphatic heterocycles. The van der Waals surface area contributed by atoms with Crippen molar-refractivity contribution in [3.8, 4) is 0 Å². The molecule has 1 aliphatic rings.